The normalized spacial score (nSPS) is 10.6. The van der Waals surface area contributed by atoms with Crippen molar-refractivity contribution in [2.45, 2.75) is 0 Å². The van der Waals surface area contributed by atoms with E-state index < -0.39 is 11.6 Å². The summed E-state index contributed by atoms with van der Waals surface area (Å²) in [6.45, 7) is 0. The van der Waals surface area contributed by atoms with Crippen molar-refractivity contribution in [3.05, 3.63) is 71.9 Å². The van der Waals surface area contributed by atoms with Gasteiger partial charge in [-0.05, 0) is 24.3 Å². The van der Waals surface area contributed by atoms with Crippen molar-refractivity contribution in [3.8, 4) is 0 Å². The molecule has 0 unspecified atom stereocenters. The molecule has 92 valence electrons. The molecule has 0 atom stereocenters. The molecule has 0 aliphatic heterocycles. The molecule has 19 heavy (non-hydrogen) atoms. The van der Waals surface area contributed by atoms with Gasteiger partial charge in [0.15, 0.2) is 5.82 Å². The molecule has 0 saturated heterocycles. The van der Waals surface area contributed by atoms with Gasteiger partial charge in [0.2, 0.25) is 5.78 Å². The van der Waals surface area contributed by atoms with Gasteiger partial charge >= 0.3 is 0 Å². The van der Waals surface area contributed by atoms with Crippen molar-refractivity contribution in [2.75, 3.05) is 0 Å². The van der Waals surface area contributed by atoms with Crippen LogP contribution in [0.5, 0.6) is 0 Å². The van der Waals surface area contributed by atoms with E-state index in [0.717, 1.165) is 5.39 Å². The molecule has 0 N–H and O–H groups in total. The third kappa shape index (κ3) is 2.08. The Morgan fingerprint density at radius 1 is 1.00 bits per heavy atom. The number of benzene rings is 1. The van der Waals surface area contributed by atoms with Crippen LogP contribution < -0.4 is 0 Å². The minimum Gasteiger partial charge on any atom is -0.287 e. The van der Waals surface area contributed by atoms with Gasteiger partial charge in [0.1, 0.15) is 5.69 Å². The fourth-order valence-corrected chi connectivity index (χ4v) is 1.90. The Bertz CT molecular complexity index is 771. The van der Waals surface area contributed by atoms with Crippen LogP contribution in [0.2, 0.25) is 0 Å². The number of nitrogens with zero attached hydrogens (tertiary/aromatic N) is 2. The summed E-state index contributed by atoms with van der Waals surface area (Å²) in [5, 5.41) is 0.931. The molecule has 0 aliphatic carbocycles. The molecule has 0 aliphatic rings. The number of carbonyl (C=O) groups excluding carboxylic acids is 1. The van der Waals surface area contributed by atoms with Crippen molar-refractivity contribution in [1.82, 2.24) is 9.97 Å². The Kier molecular flexibility index (Phi) is 2.76. The average Bonchev–Trinajstić information content (AvgIpc) is 2.46. The Morgan fingerprint density at radius 2 is 1.79 bits per heavy atom. The molecule has 0 spiro atoms. The molecular formula is C15H9FN2O. The largest absolute Gasteiger partial charge is 0.287 e. The van der Waals surface area contributed by atoms with E-state index in [4.69, 9.17) is 0 Å². The third-order valence-electron chi connectivity index (χ3n) is 2.84. The van der Waals surface area contributed by atoms with Crippen LogP contribution in [0.15, 0.2) is 54.9 Å². The first-order valence-corrected chi connectivity index (χ1v) is 5.76. The lowest BCUT2D eigenvalue weighted by Crippen LogP contribution is -2.06. The highest BCUT2D eigenvalue weighted by Gasteiger charge is 2.15. The van der Waals surface area contributed by atoms with Gasteiger partial charge in [-0.2, -0.15) is 0 Å². The Morgan fingerprint density at radius 3 is 2.63 bits per heavy atom. The van der Waals surface area contributed by atoms with Crippen LogP contribution in [0.25, 0.3) is 10.9 Å². The molecule has 0 amide bonds. The quantitative estimate of drug-likeness (QED) is 0.658. The lowest BCUT2D eigenvalue weighted by molar-refractivity contribution is 0.103. The predicted molar refractivity (Wildman–Crippen MR) is 69.4 cm³/mol. The number of ketones is 1. The second-order valence-corrected chi connectivity index (χ2v) is 4.07. The average molecular weight is 252 g/mol. The number of hydrogen-bond donors (Lipinski definition) is 0. The maximum absolute atomic E-state index is 13.5. The van der Waals surface area contributed by atoms with E-state index in [-0.39, 0.29) is 5.69 Å². The third-order valence-corrected chi connectivity index (χ3v) is 2.84. The summed E-state index contributed by atoms with van der Waals surface area (Å²) in [7, 11) is 0. The SMILES string of the molecule is O=C(c1ccc2cccnc2c1)c1ncccc1F. The Labute approximate surface area is 108 Å². The summed E-state index contributed by atoms with van der Waals surface area (Å²) in [4.78, 5) is 20.1. The smallest absolute Gasteiger partial charge is 0.214 e. The van der Waals surface area contributed by atoms with Crippen LogP contribution in [-0.2, 0) is 0 Å². The molecule has 2 heterocycles. The first-order valence-electron chi connectivity index (χ1n) is 5.76. The van der Waals surface area contributed by atoms with Gasteiger partial charge in [-0.15, -0.1) is 0 Å². The minimum atomic E-state index is -0.617. The minimum absolute atomic E-state index is 0.169. The summed E-state index contributed by atoms with van der Waals surface area (Å²) in [5.41, 5.74) is 0.909. The second-order valence-electron chi connectivity index (χ2n) is 4.07. The number of rotatable bonds is 2. The van der Waals surface area contributed by atoms with E-state index in [1.165, 1.54) is 18.3 Å². The summed E-state index contributed by atoms with van der Waals surface area (Å²) < 4.78 is 13.5. The summed E-state index contributed by atoms with van der Waals surface area (Å²) in [6.07, 6.45) is 3.05. The van der Waals surface area contributed by atoms with E-state index in [1.54, 1.807) is 24.4 Å². The number of pyridine rings is 2. The molecule has 3 aromatic rings. The number of carbonyl (C=O) groups is 1. The van der Waals surface area contributed by atoms with Crippen LogP contribution in [0.1, 0.15) is 16.1 Å². The van der Waals surface area contributed by atoms with Gasteiger partial charge in [-0.3, -0.25) is 9.78 Å². The van der Waals surface area contributed by atoms with E-state index >= 15 is 0 Å². The highest BCUT2D eigenvalue weighted by molar-refractivity contribution is 6.09. The van der Waals surface area contributed by atoms with Crippen molar-refractivity contribution in [1.29, 1.82) is 0 Å². The number of hydrogen-bond acceptors (Lipinski definition) is 3. The molecular weight excluding hydrogens is 243 g/mol. The summed E-state index contributed by atoms with van der Waals surface area (Å²) in [5.74, 6) is -1.06. The molecule has 3 nitrogen and oxygen atoms in total. The van der Waals surface area contributed by atoms with Gasteiger partial charge in [-0.25, -0.2) is 9.37 Å². The van der Waals surface area contributed by atoms with Gasteiger partial charge < -0.3 is 0 Å². The standard InChI is InChI=1S/C15H9FN2O/c16-12-4-2-8-18-14(12)15(19)11-6-5-10-3-1-7-17-13(10)9-11/h1-9H. The van der Waals surface area contributed by atoms with E-state index in [0.29, 0.717) is 11.1 Å². The first kappa shape index (κ1) is 11.5. The van der Waals surface area contributed by atoms with Gasteiger partial charge in [0.05, 0.1) is 5.52 Å². The zero-order chi connectivity index (χ0) is 13.2. The topological polar surface area (TPSA) is 42.9 Å². The van der Waals surface area contributed by atoms with Crippen LogP contribution >= 0.6 is 0 Å². The molecule has 0 saturated carbocycles. The van der Waals surface area contributed by atoms with Crippen LogP contribution in [0.3, 0.4) is 0 Å². The highest BCUT2D eigenvalue weighted by Crippen LogP contribution is 2.16. The number of halogens is 1. The van der Waals surface area contributed by atoms with Gasteiger partial charge in [-0.1, -0.05) is 18.2 Å². The van der Waals surface area contributed by atoms with Crippen molar-refractivity contribution in [3.63, 3.8) is 0 Å². The molecule has 0 fully saturated rings. The van der Waals surface area contributed by atoms with E-state index in [1.807, 2.05) is 12.1 Å². The lowest BCUT2D eigenvalue weighted by atomic mass is 10.1. The molecule has 4 heteroatoms. The van der Waals surface area contributed by atoms with E-state index in [2.05, 4.69) is 9.97 Å². The Balaban J connectivity index is 2.09. The molecule has 0 bridgehead atoms. The molecule has 3 rings (SSSR count). The fourth-order valence-electron chi connectivity index (χ4n) is 1.90. The molecule has 0 radical (unpaired) electrons. The maximum atomic E-state index is 13.5. The molecule has 2 aromatic heterocycles. The van der Waals surface area contributed by atoms with Crippen molar-refractivity contribution < 1.29 is 9.18 Å². The van der Waals surface area contributed by atoms with Crippen LogP contribution in [0.4, 0.5) is 4.39 Å². The second kappa shape index (κ2) is 4.57. The van der Waals surface area contributed by atoms with Gasteiger partial charge in [0, 0.05) is 23.3 Å². The monoisotopic (exact) mass is 252 g/mol. The highest BCUT2D eigenvalue weighted by atomic mass is 19.1. The van der Waals surface area contributed by atoms with E-state index in [9.17, 15) is 9.18 Å². The predicted octanol–water partition coefficient (Wildman–Crippen LogP) is 3.00. The van der Waals surface area contributed by atoms with Crippen LogP contribution in [-0.4, -0.2) is 15.8 Å². The van der Waals surface area contributed by atoms with Crippen molar-refractivity contribution >= 4 is 16.7 Å². The van der Waals surface area contributed by atoms with Crippen LogP contribution in [0, 0.1) is 5.82 Å². The Hall–Kier alpha value is -2.62. The fraction of sp³-hybridized carbons (Fsp3) is 0. The van der Waals surface area contributed by atoms with Gasteiger partial charge in [0.25, 0.3) is 0 Å². The zero-order valence-electron chi connectivity index (χ0n) is 9.88. The maximum Gasteiger partial charge on any atom is 0.214 e. The zero-order valence-corrected chi connectivity index (χ0v) is 9.88. The lowest BCUT2D eigenvalue weighted by Gasteiger charge is -2.03. The molecule has 1 aromatic carbocycles. The summed E-state index contributed by atoms with van der Waals surface area (Å²) in [6, 6.07) is 11.5. The first-order chi connectivity index (χ1) is 9.25. The number of aromatic nitrogens is 2. The van der Waals surface area contributed by atoms with Crippen molar-refractivity contribution in [2.24, 2.45) is 0 Å². The summed E-state index contributed by atoms with van der Waals surface area (Å²) >= 11 is 0. The number of fused-ring (bicyclic) bond motifs is 1.